The lowest BCUT2D eigenvalue weighted by Gasteiger charge is -2.38. The van der Waals surface area contributed by atoms with Gasteiger partial charge in [0.05, 0.1) is 12.2 Å². The lowest BCUT2D eigenvalue weighted by molar-refractivity contribution is -0.00522. The fourth-order valence-electron chi connectivity index (χ4n) is 4.89. The first kappa shape index (κ1) is 18.2. The number of anilines is 1. The van der Waals surface area contributed by atoms with Crippen molar-refractivity contribution in [1.82, 2.24) is 4.90 Å². The van der Waals surface area contributed by atoms with Crippen molar-refractivity contribution in [2.24, 2.45) is 0 Å². The number of morpholine rings is 1. The number of benzene rings is 2. The van der Waals surface area contributed by atoms with Gasteiger partial charge in [0.25, 0.3) is 0 Å². The van der Waals surface area contributed by atoms with Crippen LogP contribution < -0.4 is 4.90 Å². The van der Waals surface area contributed by atoms with Crippen LogP contribution in [-0.2, 0) is 11.3 Å². The molecule has 0 N–H and O–H groups in total. The fraction of sp³-hybridized carbons (Fsp3) is 0.417. The minimum Gasteiger partial charge on any atom is -0.372 e. The molecule has 5 rings (SSSR count). The van der Waals surface area contributed by atoms with Crippen LogP contribution in [0.1, 0.15) is 36.5 Å². The molecule has 1 aromatic heterocycles. The van der Waals surface area contributed by atoms with E-state index in [1.165, 1.54) is 32.5 Å². The predicted octanol–water partition coefficient (Wildman–Crippen LogP) is 5.09. The van der Waals surface area contributed by atoms with Gasteiger partial charge in [-0.05, 0) is 72.6 Å². The first-order valence-electron chi connectivity index (χ1n) is 10.3. The normalized spacial score (nSPS) is 25.8. The van der Waals surface area contributed by atoms with Crippen LogP contribution in [0.5, 0.6) is 0 Å². The van der Waals surface area contributed by atoms with Crippen molar-refractivity contribution in [2.45, 2.75) is 38.5 Å². The molecule has 3 aromatic rings. The van der Waals surface area contributed by atoms with E-state index in [0.29, 0.717) is 5.92 Å². The summed E-state index contributed by atoms with van der Waals surface area (Å²) in [6.07, 6.45) is 0.570. The molecule has 28 heavy (non-hydrogen) atoms. The molecule has 0 radical (unpaired) electrons. The molecule has 146 valence electrons. The molecule has 1 saturated heterocycles. The SMILES string of the molecule is CC1CN(c2ccc3c(c2)CN(C)CC3c2ccc3ccsc3c2)CC(C)O1. The van der Waals surface area contributed by atoms with Gasteiger partial charge in [0.2, 0.25) is 0 Å². The Balaban J connectivity index is 1.50. The number of hydrogen-bond acceptors (Lipinski definition) is 4. The second kappa shape index (κ2) is 7.18. The largest absolute Gasteiger partial charge is 0.372 e. The van der Waals surface area contributed by atoms with E-state index in [1.807, 2.05) is 11.3 Å². The molecule has 0 aliphatic carbocycles. The molecular formula is C24H28N2OS. The van der Waals surface area contributed by atoms with Crippen LogP contribution in [0.2, 0.25) is 0 Å². The minimum atomic E-state index is 0.285. The topological polar surface area (TPSA) is 15.7 Å². The van der Waals surface area contributed by atoms with E-state index in [2.05, 4.69) is 78.5 Å². The third-order valence-electron chi connectivity index (χ3n) is 6.10. The van der Waals surface area contributed by atoms with Crippen LogP contribution in [0.15, 0.2) is 47.8 Å². The Kier molecular flexibility index (Phi) is 4.66. The summed E-state index contributed by atoms with van der Waals surface area (Å²) in [7, 11) is 2.24. The predicted molar refractivity (Wildman–Crippen MR) is 119 cm³/mol. The van der Waals surface area contributed by atoms with Gasteiger partial charge in [-0.1, -0.05) is 18.2 Å². The van der Waals surface area contributed by atoms with E-state index in [9.17, 15) is 0 Å². The Labute approximate surface area is 171 Å². The summed E-state index contributed by atoms with van der Waals surface area (Å²) in [6, 6.07) is 16.3. The van der Waals surface area contributed by atoms with Gasteiger partial charge < -0.3 is 14.5 Å². The van der Waals surface area contributed by atoms with E-state index in [-0.39, 0.29) is 12.2 Å². The maximum atomic E-state index is 5.92. The van der Waals surface area contributed by atoms with Gasteiger partial charge in [-0.2, -0.15) is 0 Å². The van der Waals surface area contributed by atoms with Crippen molar-refractivity contribution in [1.29, 1.82) is 0 Å². The zero-order chi connectivity index (χ0) is 19.3. The first-order valence-corrected chi connectivity index (χ1v) is 11.1. The summed E-state index contributed by atoms with van der Waals surface area (Å²) in [5.41, 5.74) is 5.73. The van der Waals surface area contributed by atoms with Gasteiger partial charge in [0.1, 0.15) is 0 Å². The van der Waals surface area contributed by atoms with Crippen LogP contribution in [-0.4, -0.2) is 43.8 Å². The van der Waals surface area contributed by atoms with Crippen molar-refractivity contribution in [2.75, 3.05) is 31.6 Å². The Morgan fingerprint density at radius 1 is 0.964 bits per heavy atom. The molecule has 3 nitrogen and oxygen atoms in total. The Morgan fingerprint density at radius 2 is 1.79 bits per heavy atom. The second-order valence-corrected chi connectivity index (χ2v) is 9.46. The monoisotopic (exact) mass is 392 g/mol. The van der Waals surface area contributed by atoms with Crippen LogP contribution in [0.4, 0.5) is 5.69 Å². The summed E-state index contributed by atoms with van der Waals surface area (Å²) in [6.45, 7) is 8.39. The summed E-state index contributed by atoms with van der Waals surface area (Å²) in [4.78, 5) is 4.94. The lowest BCUT2D eigenvalue weighted by Crippen LogP contribution is -2.45. The van der Waals surface area contributed by atoms with Gasteiger partial charge >= 0.3 is 0 Å². The number of rotatable bonds is 2. The second-order valence-electron chi connectivity index (χ2n) is 8.51. The van der Waals surface area contributed by atoms with E-state index >= 15 is 0 Å². The number of fused-ring (bicyclic) bond motifs is 2. The lowest BCUT2D eigenvalue weighted by atomic mass is 9.84. The average molecular weight is 393 g/mol. The van der Waals surface area contributed by atoms with Crippen molar-refractivity contribution >= 4 is 27.1 Å². The standard InChI is InChI=1S/C24H28N2OS/c1-16-12-26(13-17(2)27-16)21-6-7-22-20(10-21)14-25(3)15-23(22)19-5-4-18-8-9-28-24(18)11-19/h4-11,16-17,23H,12-15H2,1-3H3. The van der Waals surface area contributed by atoms with Gasteiger partial charge in [-0.25, -0.2) is 0 Å². The molecule has 0 spiro atoms. The zero-order valence-electron chi connectivity index (χ0n) is 16.9. The van der Waals surface area contributed by atoms with Crippen LogP contribution >= 0.6 is 11.3 Å². The fourth-order valence-corrected chi connectivity index (χ4v) is 5.73. The molecule has 2 aliphatic rings. The Morgan fingerprint density at radius 3 is 2.61 bits per heavy atom. The number of nitrogens with zero attached hydrogens (tertiary/aromatic N) is 2. The number of thiophene rings is 1. The molecule has 2 aliphatic heterocycles. The molecule has 3 unspecified atom stereocenters. The quantitative estimate of drug-likeness (QED) is 0.604. The van der Waals surface area contributed by atoms with Gasteiger partial charge in [0.15, 0.2) is 0 Å². The molecular weight excluding hydrogens is 364 g/mol. The molecule has 3 atom stereocenters. The Hall–Kier alpha value is -1.88. The highest BCUT2D eigenvalue weighted by molar-refractivity contribution is 7.17. The first-order chi connectivity index (χ1) is 13.6. The summed E-state index contributed by atoms with van der Waals surface area (Å²) < 4.78 is 7.31. The summed E-state index contributed by atoms with van der Waals surface area (Å²) in [5.74, 6) is 0.442. The van der Waals surface area contributed by atoms with Gasteiger partial charge in [0, 0.05) is 42.5 Å². The highest BCUT2D eigenvalue weighted by atomic mass is 32.1. The third kappa shape index (κ3) is 3.34. The van der Waals surface area contributed by atoms with E-state index in [1.54, 1.807) is 0 Å². The maximum absolute atomic E-state index is 5.92. The molecule has 4 heteroatoms. The molecule has 0 bridgehead atoms. The molecule has 0 saturated carbocycles. The highest BCUT2D eigenvalue weighted by Crippen LogP contribution is 2.37. The third-order valence-corrected chi connectivity index (χ3v) is 6.98. The zero-order valence-corrected chi connectivity index (χ0v) is 17.7. The minimum absolute atomic E-state index is 0.285. The van der Waals surface area contributed by atoms with Gasteiger partial charge in [-0.3, -0.25) is 0 Å². The summed E-state index contributed by atoms with van der Waals surface area (Å²) in [5, 5.41) is 3.54. The molecule has 3 heterocycles. The van der Waals surface area contributed by atoms with Crippen molar-refractivity contribution < 1.29 is 4.74 Å². The average Bonchev–Trinajstić information content (AvgIpc) is 3.13. The number of hydrogen-bond donors (Lipinski definition) is 0. The van der Waals surface area contributed by atoms with E-state index < -0.39 is 0 Å². The van der Waals surface area contributed by atoms with Gasteiger partial charge in [-0.15, -0.1) is 11.3 Å². The maximum Gasteiger partial charge on any atom is 0.0726 e. The highest BCUT2D eigenvalue weighted by Gasteiger charge is 2.27. The summed E-state index contributed by atoms with van der Waals surface area (Å²) >= 11 is 1.84. The van der Waals surface area contributed by atoms with E-state index in [0.717, 1.165) is 26.2 Å². The van der Waals surface area contributed by atoms with Crippen molar-refractivity contribution in [3.63, 3.8) is 0 Å². The van der Waals surface area contributed by atoms with E-state index in [4.69, 9.17) is 4.74 Å². The molecule has 1 fully saturated rings. The molecule has 0 amide bonds. The van der Waals surface area contributed by atoms with Crippen LogP contribution in [0.3, 0.4) is 0 Å². The number of likely N-dealkylation sites (N-methyl/N-ethyl adjacent to an activating group) is 1. The van der Waals surface area contributed by atoms with Crippen LogP contribution in [0, 0.1) is 0 Å². The van der Waals surface area contributed by atoms with Crippen LogP contribution in [0.25, 0.3) is 10.1 Å². The Bertz CT molecular complexity index is 987. The van der Waals surface area contributed by atoms with Crippen molar-refractivity contribution in [3.8, 4) is 0 Å². The smallest absolute Gasteiger partial charge is 0.0726 e. The van der Waals surface area contributed by atoms with Crippen molar-refractivity contribution in [3.05, 3.63) is 64.5 Å². The molecule has 2 aromatic carbocycles. The number of ether oxygens (including phenoxy) is 1.